The summed E-state index contributed by atoms with van der Waals surface area (Å²) >= 11 is 1.29. The molecule has 15 heavy (non-hydrogen) atoms. The summed E-state index contributed by atoms with van der Waals surface area (Å²) in [4.78, 5) is 15.4. The summed E-state index contributed by atoms with van der Waals surface area (Å²) in [7, 11) is 0. The highest BCUT2D eigenvalue weighted by Gasteiger charge is 2.15. The topological polar surface area (TPSA) is 76.2 Å². The average molecular weight is 228 g/mol. The lowest BCUT2D eigenvalue weighted by Crippen LogP contribution is -2.01. The number of aromatic carboxylic acids is 1. The van der Waals surface area contributed by atoms with E-state index in [2.05, 4.69) is 11.9 Å². The Labute approximate surface area is 93.1 Å². The van der Waals surface area contributed by atoms with Crippen LogP contribution in [0, 0.1) is 0 Å². The molecule has 5 heteroatoms. The summed E-state index contributed by atoms with van der Waals surface area (Å²) < 4.78 is 0. The molecule has 0 aliphatic heterocycles. The first-order chi connectivity index (χ1) is 7.15. The van der Waals surface area contributed by atoms with Gasteiger partial charge in [-0.15, -0.1) is 11.3 Å². The molecule has 1 aromatic rings. The minimum atomic E-state index is -0.978. The molecule has 0 aliphatic rings. The second-order valence-electron chi connectivity index (χ2n) is 3.44. The fraction of sp³-hybridized carbons (Fsp3) is 0.600. The van der Waals surface area contributed by atoms with E-state index < -0.39 is 5.97 Å². The molecule has 1 rings (SSSR count). The van der Waals surface area contributed by atoms with Crippen molar-refractivity contribution in [3.63, 3.8) is 0 Å². The van der Waals surface area contributed by atoms with Crippen LogP contribution in [0.25, 0.3) is 0 Å². The zero-order valence-corrected chi connectivity index (χ0v) is 9.64. The number of anilines is 1. The monoisotopic (exact) mass is 228 g/mol. The van der Waals surface area contributed by atoms with Crippen LogP contribution in [0.2, 0.25) is 0 Å². The number of carboxylic acids is 1. The van der Waals surface area contributed by atoms with Gasteiger partial charge in [-0.05, 0) is 12.8 Å². The average Bonchev–Trinajstić information content (AvgIpc) is 2.55. The molecule has 0 fully saturated rings. The van der Waals surface area contributed by atoms with Crippen LogP contribution in [-0.4, -0.2) is 16.1 Å². The van der Waals surface area contributed by atoms with E-state index in [4.69, 9.17) is 10.8 Å². The molecule has 3 N–H and O–H groups in total. The summed E-state index contributed by atoms with van der Waals surface area (Å²) in [6.07, 6.45) is 5.28. The van der Waals surface area contributed by atoms with Crippen LogP contribution < -0.4 is 5.73 Å². The number of carbonyl (C=O) groups is 1. The maximum absolute atomic E-state index is 10.8. The molecule has 0 bridgehead atoms. The number of rotatable bonds is 6. The normalized spacial score (nSPS) is 10.5. The predicted molar refractivity (Wildman–Crippen MR) is 61.3 cm³/mol. The first kappa shape index (κ1) is 12.0. The Bertz CT molecular complexity index is 336. The summed E-state index contributed by atoms with van der Waals surface area (Å²) in [5, 5.41) is 9.22. The van der Waals surface area contributed by atoms with E-state index >= 15 is 0 Å². The highest BCUT2D eigenvalue weighted by molar-refractivity contribution is 7.15. The van der Waals surface area contributed by atoms with Gasteiger partial charge in [0.2, 0.25) is 0 Å². The van der Waals surface area contributed by atoms with Crippen molar-refractivity contribution in [2.75, 3.05) is 5.73 Å². The number of hydrogen-bond donors (Lipinski definition) is 2. The van der Waals surface area contributed by atoms with Crippen LogP contribution in [0.4, 0.5) is 5.13 Å². The third kappa shape index (κ3) is 3.51. The third-order valence-electron chi connectivity index (χ3n) is 2.17. The van der Waals surface area contributed by atoms with Crippen molar-refractivity contribution in [1.29, 1.82) is 0 Å². The zero-order valence-electron chi connectivity index (χ0n) is 8.82. The van der Waals surface area contributed by atoms with Gasteiger partial charge in [0, 0.05) is 4.88 Å². The SMILES string of the molecule is CCCCCCc1sc(N)nc1C(=O)O. The minimum Gasteiger partial charge on any atom is -0.476 e. The highest BCUT2D eigenvalue weighted by atomic mass is 32.1. The van der Waals surface area contributed by atoms with E-state index in [0.29, 0.717) is 5.13 Å². The maximum atomic E-state index is 10.8. The van der Waals surface area contributed by atoms with Gasteiger partial charge in [-0.25, -0.2) is 9.78 Å². The van der Waals surface area contributed by atoms with E-state index in [1.807, 2.05) is 0 Å². The van der Waals surface area contributed by atoms with Crippen LogP contribution in [0.5, 0.6) is 0 Å². The Morgan fingerprint density at radius 1 is 1.47 bits per heavy atom. The van der Waals surface area contributed by atoms with Crippen molar-refractivity contribution in [3.8, 4) is 0 Å². The fourth-order valence-corrected chi connectivity index (χ4v) is 2.28. The van der Waals surface area contributed by atoms with Crippen molar-refractivity contribution in [2.24, 2.45) is 0 Å². The van der Waals surface area contributed by atoms with Crippen LogP contribution in [0.3, 0.4) is 0 Å². The molecule has 0 radical (unpaired) electrons. The van der Waals surface area contributed by atoms with Gasteiger partial charge in [-0.3, -0.25) is 0 Å². The van der Waals surface area contributed by atoms with Gasteiger partial charge in [0.05, 0.1) is 0 Å². The Kier molecular flexibility index (Phi) is 4.55. The lowest BCUT2D eigenvalue weighted by atomic mass is 10.1. The van der Waals surface area contributed by atoms with E-state index in [0.717, 1.165) is 24.1 Å². The van der Waals surface area contributed by atoms with Gasteiger partial charge in [-0.2, -0.15) is 0 Å². The van der Waals surface area contributed by atoms with Crippen LogP contribution >= 0.6 is 11.3 Å². The molecular weight excluding hydrogens is 212 g/mol. The number of nitrogens with two attached hydrogens (primary N) is 1. The molecule has 0 spiro atoms. The first-order valence-corrected chi connectivity index (χ1v) is 5.95. The maximum Gasteiger partial charge on any atom is 0.355 e. The van der Waals surface area contributed by atoms with Crippen LogP contribution in [0.15, 0.2) is 0 Å². The standard InChI is InChI=1S/C10H16N2O2S/c1-2-3-4-5-6-7-8(9(13)14)12-10(11)15-7/h2-6H2,1H3,(H2,11,12)(H,13,14). The van der Waals surface area contributed by atoms with Gasteiger partial charge in [-0.1, -0.05) is 26.2 Å². The number of carboxylic acid groups (broad SMARTS) is 1. The fourth-order valence-electron chi connectivity index (χ4n) is 1.42. The Balaban J connectivity index is 2.55. The van der Waals surface area contributed by atoms with Gasteiger partial charge in [0.1, 0.15) is 0 Å². The van der Waals surface area contributed by atoms with E-state index in [-0.39, 0.29) is 5.69 Å². The summed E-state index contributed by atoms with van der Waals surface area (Å²) in [5.41, 5.74) is 5.63. The van der Waals surface area contributed by atoms with E-state index in [1.54, 1.807) is 0 Å². The third-order valence-corrected chi connectivity index (χ3v) is 3.12. The largest absolute Gasteiger partial charge is 0.476 e. The van der Waals surface area contributed by atoms with E-state index in [1.165, 1.54) is 24.2 Å². The second-order valence-corrected chi connectivity index (χ2v) is 4.55. The second kappa shape index (κ2) is 5.70. The molecule has 0 amide bonds. The number of nitrogen functional groups attached to an aromatic ring is 1. The van der Waals surface area contributed by atoms with Gasteiger partial charge in [0.25, 0.3) is 0 Å². The quantitative estimate of drug-likeness (QED) is 0.733. The molecule has 0 aromatic carbocycles. The lowest BCUT2D eigenvalue weighted by Gasteiger charge is -1.98. The minimum absolute atomic E-state index is 0.133. The summed E-state index contributed by atoms with van der Waals surface area (Å²) in [6.45, 7) is 2.15. The number of nitrogens with zero attached hydrogens (tertiary/aromatic N) is 1. The number of aryl methyl sites for hydroxylation is 1. The molecule has 4 nitrogen and oxygen atoms in total. The predicted octanol–water partition coefficient (Wildman–Crippen LogP) is 2.55. The smallest absolute Gasteiger partial charge is 0.355 e. The molecule has 0 saturated carbocycles. The van der Waals surface area contributed by atoms with Crippen LogP contribution in [-0.2, 0) is 6.42 Å². The molecular formula is C10H16N2O2S. The Hall–Kier alpha value is -1.10. The molecule has 0 saturated heterocycles. The summed E-state index contributed by atoms with van der Waals surface area (Å²) in [5.74, 6) is -0.978. The lowest BCUT2D eigenvalue weighted by molar-refractivity contribution is 0.0690. The molecule has 0 atom stereocenters. The van der Waals surface area contributed by atoms with Crippen molar-refractivity contribution >= 4 is 22.4 Å². The molecule has 1 heterocycles. The highest BCUT2D eigenvalue weighted by Crippen LogP contribution is 2.22. The zero-order chi connectivity index (χ0) is 11.3. The molecule has 1 aromatic heterocycles. The Morgan fingerprint density at radius 2 is 2.20 bits per heavy atom. The van der Waals surface area contributed by atoms with Gasteiger partial charge in [0.15, 0.2) is 10.8 Å². The number of unbranched alkanes of at least 4 members (excludes halogenated alkanes) is 3. The van der Waals surface area contributed by atoms with E-state index in [9.17, 15) is 4.79 Å². The molecule has 84 valence electrons. The first-order valence-electron chi connectivity index (χ1n) is 5.13. The van der Waals surface area contributed by atoms with Crippen molar-refractivity contribution in [3.05, 3.63) is 10.6 Å². The number of hydrogen-bond acceptors (Lipinski definition) is 4. The van der Waals surface area contributed by atoms with Crippen LogP contribution in [0.1, 0.15) is 48.0 Å². The summed E-state index contributed by atoms with van der Waals surface area (Å²) in [6, 6.07) is 0. The van der Waals surface area contributed by atoms with Crippen molar-refractivity contribution in [2.45, 2.75) is 39.0 Å². The van der Waals surface area contributed by atoms with Gasteiger partial charge < -0.3 is 10.8 Å². The number of aromatic nitrogens is 1. The van der Waals surface area contributed by atoms with Gasteiger partial charge >= 0.3 is 5.97 Å². The number of thiazole rings is 1. The van der Waals surface area contributed by atoms with Crippen molar-refractivity contribution < 1.29 is 9.90 Å². The molecule has 0 aliphatic carbocycles. The van der Waals surface area contributed by atoms with Crippen molar-refractivity contribution in [1.82, 2.24) is 4.98 Å². The Morgan fingerprint density at radius 3 is 2.80 bits per heavy atom. The molecule has 0 unspecified atom stereocenters.